The van der Waals surface area contributed by atoms with Gasteiger partial charge in [-0.15, -0.1) is 22.9 Å². The van der Waals surface area contributed by atoms with Crippen LogP contribution in [-0.4, -0.2) is 18.6 Å². The highest BCUT2D eigenvalue weighted by Crippen LogP contribution is 2.20. The molecule has 0 aliphatic carbocycles. The Hall–Kier alpha value is -0.280. The van der Waals surface area contributed by atoms with Crippen LogP contribution in [0.3, 0.4) is 0 Å². The van der Waals surface area contributed by atoms with E-state index in [2.05, 4.69) is 23.9 Å². The molecule has 1 rings (SSSR count). The Bertz CT molecular complexity index is 262. The van der Waals surface area contributed by atoms with E-state index in [0.29, 0.717) is 5.88 Å². The van der Waals surface area contributed by atoms with Crippen LogP contribution in [0.25, 0.3) is 0 Å². The fourth-order valence-corrected chi connectivity index (χ4v) is 2.27. The molecule has 0 aliphatic heterocycles. The van der Waals surface area contributed by atoms with Gasteiger partial charge < -0.3 is 4.90 Å². The molecule has 1 aromatic heterocycles. The molecule has 0 spiro atoms. The largest absolute Gasteiger partial charge is 0.351 e. The van der Waals surface area contributed by atoms with Gasteiger partial charge in [0.05, 0.1) is 11.6 Å². The number of unbranched alkanes of at least 4 members (excludes halogenated alkanes) is 2. The molecule has 14 heavy (non-hydrogen) atoms. The summed E-state index contributed by atoms with van der Waals surface area (Å²) < 4.78 is 0. The van der Waals surface area contributed by atoms with E-state index >= 15 is 0 Å². The number of thiazole rings is 1. The lowest BCUT2D eigenvalue weighted by molar-refractivity contribution is 0.704. The molecule has 0 fully saturated rings. The maximum atomic E-state index is 5.70. The minimum Gasteiger partial charge on any atom is -0.351 e. The maximum absolute atomic E-state index is 5.70. The van der Waals surface area contributed by atoms with Crippen LogP contribution in [-0.2, 0) is 5.88 Å². The van der Waals surface area contributed by atoms with Crippen molar-refractivity contribution in [2.75, 3.05) is 18.5 Å². The van der Waals surface area contributed by atoms with Gasteiger partial charge in [0.2, 0.25) is 0 Å². The molecule has 80 valence electrons. The zero-order chi connectivity index (χ0) is 10.4. The first-order valence-electron chi connectivity index (χ1n) is 4.99. The molecule has 0 amide bonds. The lowest BCUT2D eigenvalue weighted by Crippen LogP contribution is -2.18. The topological polar surface area (TPSA) is 16.1 Å². The molecule has 0 saturated carbocycles. The van der Waals surface area contributed by atoms with E-state index in [1.165, 1.54) is 19.3 Å². The number of nitrogens with zero attached hydrogens (tertiary/aromatic N) is 2. The Morgan fingerprint density at radius 2 is 2.29 bits per heavy atom. The van der Waals surface area contributed by atoms with Crippen LogP contribution in [0.5, 0.6) is 0 Å². The van der Waals surface area contributed by atoms with E-state index < -0.39 is 0 Å². The van der Waals surface area contributed by atoms with E-state index in [0.717, 1.165) is 17.4 Å². The van der Waals surface area contributed by atoms with E-state index in [1.807, 2.05) is 5.38 Å². The molecular formula is C10H17ClN2S. The Balaban J connectivity index is 2.39. The van der Waals surface area contributed by atoms with Crippen molar-refractivity contribution in [3.63, 3.8) is 0 Å². The van der Waals surface area contributed by atoms with E-state index in [9.17, 15) is 0 Å². The summed E-state index contributed by atoms with van der Waals surface area (Å²) >= 11 is 7.37. The average molecular weight is 233 g/mol. The lowest BCUT2D eigenvalue weighted by Gasteiger charge is -2.14. The molecule has 0 N–H and O–H groups in total. The van der Waals surface area contributed by atoms with Crippen molar-refractivity contribution in [1.29, 1.82) is 0 Å². The van der Waals surface area contributed by atoms with Crippen molar-refractivity contribution >= 4 is 28.1 Å². The van der Waals surface area contributed by atoms with Gasteiger partial charge in [-0.3, -0.25) is 0 Å². The molecule has 2 nitrogen and oxygen atoms in total. The minimum atomic E-state index is 0.513. The number of halogens is 1. The second kappa shape index (κ2) is 6.25. The minimum absolute atomic E-state index is 0.513. The number of alkyl halides is 1. The van der Waals surface area contributed by atoms with Gasteiger partial charge >= 0.3 is 0 Å². The maximum Gasteiger partial charge on any atom is 0.185 e. The molecule has 0 bridgehead atoms. The number of hydrogen-bond donors (Lipinski definition) is 0. The molecule has 0 aromatic carbocycles. The summed E-state index contributed by atoms with van der Waals surface area (Å²) in [5, 5.41) is 3.11. The second-order valence-corrected chi connectivity index (χ2v) is 4.49. The third-order valence-corrected chi connectivity index (χ3v) is 3.38. The Kier molecular flexibility index (Phi) is 5.26. The summed E-state index contributed by atoms with van der Waals surface area (Å²) in [5.74, 6) is 0.513. The zero-order valence-corrected chi connectivity index (χ0v) is 10.4. The summed E-state index contributed by atoms with van der Waals surface area (Å²) in [6.07, 6.45) is 3.79. The van der Waals surface area contributed by atoms with Crippen LogP contribution in [0.15, 0.2) is 5.38 Å². The molecule has 0 saturated heterocycles. The number of anilines is 1. The van der Waals surface area contributed by atoms with E-state index in [1.54, 1.807) is 11.3 Å². The molecule has 1 aromatic rings. The predicted octanol–water partition coefficient (Wildman–Crippen LogP) is 3.51. The van der Waals surface area contributed by atoms with Crippen LogP contribution >= 0.6 is 22.9 Å². The molecule has 0 radical (unpaired) electrons. The van der Waals surface area contributed by atoms with Crippen LogP contribution in [0, 0.1) is 0 Å². The quantitative estimate of drug-likeness (QED) is 0.551. The number of aromatic nitrogens is 1. The fourth-order valence-electron chi connectivity index (χ4n) is 1.23. The third-order valence-electron chi connectivity index (χ3n) is 2.10. The highest BCUT2D eigenvalue weighted by Gasteiger charge is 2.05. The van der Waals surface area contributed by atoms with Crippen LogP contribution in [0.4, 0.5) is 5.13 Å². The molecule has 1 heterocycles. The van der Waals surface area contributed by atoms with Crippen molar-refractivity contribution in [2.24, 2.45) is 0 Å². The summed E-state index contributed by atoms with van der Waals surface area (Å²) in [5.41, 5.74) is 0.981. The van der Waals surface area contributed by atoms with Crippen LogP contribution < -0.4 is 4.90 Å². The van der Waals surface area contributed by atoms with E-state index in [4.69, 9.17) is 11.6 Å². The smallest absolute Gasteiger partial charge is 0.185 e. The Morgan fingerprint density at radius 3 is 2.86 bits per heavy atom. The summed E-state index contributed by atoms with van der Waals surface area (Å²) in [4.78, 5) is 6.62. The first kappa shape index (κ1) is 11.8. The predicted molar refractivity (Wildman–Crippen MR) is 64.5 cm³/mol. The van der Waals surface area contributed by atoms with Gasteiger partial charge in [-0.2, -0.15) is 0 Å². The Labute approximate surface area is 94.9 Å². The highest BCUT2D eigenvalue weighted by atomic mass is 35.5. The normalized spacial score (nSPS) is 10.5. The molecule has 0 unspecified atom stereocenters. The zero-order valence-electron chi connectivity index (χ0n) is 8.79. The lowest BCUT2D eigenvalue weighted by atomic mass is 10.2. The summed E-state index contributed by atoms with van der Waals surface area (Å²) in [6, 6.07) is 0. The van der Waals surface area contributed by atoms with Gasteiger partial charge in [0.25, 0.3) is 0 Å². The molecule has 0 atom stereocenters. The van der Waals surface area contributed by atoms with Gasteiger partial charge in [-0.05, 0) is 6.42 Å². The third kappa shape index (κ3) is 3.46. The van der Waals surface area contributed by atoms with Crippen molar-refractivity contribution in [1.82, 2.24) is 4.98 Å². The molecule has 4 heteroatoms. The van der Waals surface area contributed by atoms with Crippen LogP contribution in [0.2, 0.25) is 0 Å². The Morgan fingerprint density at radius 1 is 1.50 bits per heavy atom. The summed E-state index contributed by atoms with van der Waals surface area (Å²) in [7, 11) is 2.09. The van der Waals surface area contributed by atoms with Gasteiger partial charge in [0, 0.05) is 19.0 Å². The van der Waals surface area contributed by atoms with Gasteiger partial charge in [0.15, 0.2) is 5.13 Å². The first-order chi connectivity index (χ1) is 6.77. The van der Waals surface area contributed by atoms with E-state index in [-0.39, 0.29) is 0 Å². The van der Waals surface area contributed by atoms with Gasteiger partial charge in [0.1, 0.15) is 0 Å². The molecule has 0 aliphatic rings. The van der Waals surface area contributed by atoms with Crippen molar-refractivity contribution < 1.29 is 0 Å². The van der Waals surface area contributed by atoms with Gasteiger partial charge in [-0.1, -0.05) is 19.8 Å². The number of rotatable bonds is 6. The first-order valence-corrected chi connectivity index (χ1v) is 6.40. The standard InChI is InChI=1S/C10H17ClN2S/c1-3-4-5-6-13(2)10-12-9(7-11)8-14-10/h8H,3-7H2,1-2H3. The average Bonchev–Trinajstić information content (AvgIpc) is 2.66. The highest BCUT2D eigenvalue weighted by molar-refractivity contribution is 7.13. The van der Waals surface area contributed by atoms with Gasteiger partial charge in [-0.25, -0.2) is 4.98 Å². The van der Waals surface area contributed by atoms with Crippen molar-refractivity contribution in [3.05, 3.63) is 11.1 Å². The monoisotopic (exact) mass is 232 g/mol. The SMILES string of the molecule is CCCCCN(C)c1nc(CCl)cs1. The van der Waals surface area contributed by atoms with Crippen LogP contribution in [0.1, 0.15) is 31.9 Å². The second-order valence-electron chi connectivity index (χ2n) is 3.38. The molecular weight excluding hydrogens is 216 g/mol. The summed E-state index contributed by atoms with van der Waals surface area (Å²) in [6.45, 7) is 3.30. The fraction of sp³-hybridized carbons (Fsp3) is 0.700. The van der Waals surface area contributed by atoms with Crippen molar-refractivity contribution in [2.45, 2.75) is 32.1 Å². The van der Waals surface area contributed by atoms with Crippen molar-refractivity contribution in [3.8, 4) is 0 Å². The number of hydrogen-bond acceptors (Lipinski definition) is 3.